The van der Waals surface area contributed by atoms with Crippen LogP contribution in [0, 0.1) is 0 Å². The maximum atomic E-state index is 12.3. The fourth-order valence-corrected chi connectivity index (χ4v) is 2.23. The van der Waals surface area contributed by atoms with Crippen LogP contribution in [0.5, 0.6) is 0 Å². The number of hydrogen-bond acceptors (Lipinski definition) is 4. The fraction of sp³-hybridized carbons (Fsp3) is 0.545. The lowest BCUT2D eigenvalue weighted by Gasteiger charge is -2.37. The van der Waals surface area contributed by atoms with E-state index >= 15 is 0 Å². The van der Waals surface area contributed by atoms with E-state index in [4.69, 9.17) is 23.2 Å². The van der Waals surface area contributed by atoms with Crippen LogP contribution in [0.4, 0.5) is 0 Å². The summed E-state index contributed by atoms with van der Waals surface area (Å²) in [6.07, 6.45) is 0. The molecule has 0 saturated carbocycles. The third kappa shape index (κ3) is 2.74. The second kappa shape index (κ2) is 5.38. The molecule has 2 heterocycles. The minimum atomic E-state index is -0.142. The Labute approximate surface area is 116 Å². The normalized spacial score (nSPS) is 21.1. The van der Waals surface area contributed by atoms with Crippen LogP contribution in [0.25, 0.3) is 0 Å². The van der Waals surface area contributed by atoms with Crippen molar-refractivity contribution in [2.24, 2.45) is 0 Å². The summed E-state index contributed by atoms with van der Waals surface area (Å²) in [5, 5.41) is 7.52. The molecule has 0 bridgehead atoms. The summed E-state index contributed by atoms with van der Waals surface area (Å²) in [4.78, 5) is 16.3. The number of carbonyl (C=O) groups excluding carboxylic acids is 1. The molecular formula is C11H14Cl2N4O. The van der Waals surface area contributed by atoms with E-state index in [-0.39, 0.29) is 16.2 Å². The van der Waals surface area contributed by atoms with Crippen molar-refractivity contribution >= 4 is 29.1 Å². The molecule has 1 aromatic heterocycles. The van der Waals surface area contributed by atoms with Crippen molar-refractivity contribution in [3.05, 3.63) is 21.9 Å². The predicted octanol–water partition coefficient (Wildman–Crippen LogP) is 1.56. The molecule has 1 aliphatic rings. The van der Waals surface area contributed by atoms with Crippen molar-refractivity contribution in [3.8, 4) is 0 Å². The van der Waals surface area contributed by atoms with Gasteiger partial charge in [-0.1, -0.05) is 23.2 Å². The molecule has 0 spiro atoms. The van der Waals surface area contributed by atoms with E-state index in [1.165, 1.54) is 6.07 Å². The topological polar surface area (TPSA) is 49.3 Å². The Kier molecular flexibility index (Phi) is 4.04. The highest BCUT2D eigenvalue weighted by molar-refractivity contribution is 6.34. The van der Waals surface area contributed by atoms with Gasteiger partial charge in [-0.05, 0) is 20.0 Å². The lowest BCUT2D eigenvalue weighted by atomic mass is 10.1. The van der Waals surface area contributed by atoms with Gasteiger partial charge in [0.05, 0.1) is 5.56 Å². The Hall–Kier alpha value is -0.910. The Bertz CT molecular complexity index is 468. The number of aromatic nitrogens is 2. The lowest BCUT2D eigenvalue weighted by molar-refractivity contribution is 0.0572. The number of amides is 1. The minimum absolute atomic E-state index is 0.0935. The largest absolute Gasteiger partial charge is 0.336 e. The molecule has 7 heteroatoms. The molecule has 1 unspecified atom stereocenters. The first-order chi connectivity index (χ1) is 8.49. The summed E-state index contributed by atoms with van der Waals surface area (Å²) < 4.78 is 0. The maximum Gasteiger partial charge on any atom is 0.257 e. The van der Waals surface area contributed by atoms with Gasteiger partial charge in [0.15, 0.2) is 10.3 Å². The third-order valence-electron chi connectivity index (χ3n) is 3.20. The minimum Gasteiger partial charge on any atom is -0.336 e. The van der Waals surface area contributed by atoms with Crippen molar-refractivity contribution in [1.82, 2.24) is 20.0 Å². The van der Waals surface area contributed by atoms with Gasteiger partial charge in [0.25, 0.3) is 5.91 Å². The van der Waals surface area contributed by atoms with E-state index in [0.29, 0.717) is 24.7 Å². The van der Waals surface area contributed by atoms with E-state index < -0.39 is 0 Å². The quantitative estimate of drug-likeness (QED) is 0.787. The zero-order valence-corrected chi connectivity index (χ0v) is 11.7. The zero-order chi connectivity index (χ0) is 13.3. The smallest absolute Gasteiger partial charge is 0.257 e. The number of rotatable bonds is 1. The average Bonchev–Trinajstić information content (AvgIpc) is 2.35. The lowest BCUT2D eigenvalue weighted by Crippen LogP contribution is -2.52. The highest BCUT2D eigenvalue weighted by Crippen LogP contribution is 2.19. The van der Waals surface area contributed by atoms with E-state index in [9.17, 15) is 4.79 Å². The number of likely N-dealkylation sites (N-methyl/N-ethyl adjacent to an activating group) is 1. The Morgan fingerprint density at radius 1 is 1.39 bits per heavy atom. The van der Waals surface area contributed by atoms with Crippen LogP contribution >= 0.6 is 23.2 Å². The van der Waals surface area contributed by atoms with Gasteiger partial charge >= 0.3 is 0 Å². The van der Waals surface area contributed by atoms with Gasteiger partial charge in [0, 0.05) is 25.7 Å². The summed E-state index contributed by atoms with van der Waals surface area (Å²) in [6.45, 7) is 4.27. The van der Waals surface area contributed by atoms with Crippen LogP contribution in [-0.2, 0) is 0 Å². The molecule has 98 valence electrons. The van der Waals surface area contributed by atoms with E-state index in [0.717, 1.165) is 6.54 Å². The van der Waals surface area contributed by atoms with Crippen LogP contribution in [0.2, 0.25) is 10.3 Å². The summed E-state index contributed by atoms with van der Waals surface area (Å²) >= 11 is 11.6. The molecule has 1 aromatic rings. The molecule has 5 nitrogen and oxygen atoms in total. The van der Waals surface area contributed by atoms with Crippen molar-refractivity contribution in [1.29, 1.82) is 0 Å². The highest BCUT2D eigenvalue weighted by Gasteiger charge is 2.26. The number of nitrogens with zero attached hydrogens (tertiary/aromatic N) is 4. The van der Waals surface area contributed by atoms with Gasteiger partial charge < -0.3 is 9.80 Å². The Balaban J connectivity index is 2.19. The SMILES string of the molecule is CC1CN(C(=O)c2cc(Cl)nnc2Cl)CCN1C. The van der Waals surface area contributed by atoms with Gasteiger partial charge in [-0.2, -0.15) is 0 Å². The number of piperazine rings is 1. The van der Waals surface area contributed by atoms with E-state index in [1.807, 2.05) is 7.05 Å². The molecule has 18 heavy (non-hydrogen) atoms. The standard InChI is InChI=1S/C11H14Cl2N4O/c1-7-6-17(4-3-16(7)2)11(18)8-5-9(12)14-15-10(8)13/h5,7H,3-4,6H2,1-2H3. The number of hydrogen-bond donors (Lipinski definition) is 0. The van der Waals surface area contributed by atoms with Gasteiger partial charge in [0.2, 0.25) is 0 Å². The second-order valence-electron chi connectivity index (χ2n) is 4.45. The average molecular weight is 289 g/mol. The fourth-order valence-electron chi connectivity index (χ4n) is 1.91. The Morgan fingerprint density at radius 3 is 2.78 bits per heavy atom. The number of halogens is 2. The van der Waals surface area contributed by atoms with Gasteiger partial charge in [-0.15, -0.1) is 10.2 Å². The predicted molar refractivity (Wildman–Crippen MR) is 70.0 cm³/mol. The van der Waals surface area contributed by atoms with Crippen LogP contribution < -0.4 is 0 Å². The molecule has 1 fully saturated rings. The summed E-state index contributed by atoms with van der Waals surface area (Å²) in [6, 6.07) is 1.79. The van der Waals surface area contributed by atoms with Gasteiger partial charge in [-0.3, -0.25) is 4.79 Å². The molecule has 0 N–H and O–H groups in total. The Morgan fingerprint density at radius 2 is 2.11 bits per heavy atom. The zero-order valence-electron chi connectivity index (χ0n) is 10.2. The van der Waals surface area contributed by atoms with Crippen LogP contribution in [-0.4, -0.2) is 58.6 Å². The van der Waals surface area contributed by atoms with Gasteiger partial charge in [-0.25, -0.2) is 0 Å². The van der Waals surface area contributed by atoms with Gasteiger partial charge in [0.1, 0.15) is 0 Å². The first-order valence-corrected chi connectivity index (χ1v) is 6.43. The second-order valence-corrected chi connectivity index (χ2v) is 5.20. The molecule has 0 radical (unpaired) electrons. The van der Waals surface area contributed by atoms with Crippen molar-refractivity contribution in [3.63, 3.8) is 0 Å². The van der Waals surface area contributed by atoms with Crippen LogP contribution in [0.1, 0.15) is 17.3 Å². The van der Waals surface area contributed by atoms with Crippen LogP contribution in [0.15, 0.2) is 6.07 Å². The first kappa shape index (κ1) is 13.5. The summed E-state index contributed by atoms with van der Waals surface area (Å²) in [7, 11) is 2.05. The molecule has 0 aromatic carbocycles. The maximum absolute atomic E-state index is 12.3. The van der Waals surface area contributed by atoms with Crippen LogP contribution in [0.3, 0.4) is 0 Å². The van der Waals surface area contributed by atoms with Crippen molar-refractivity contribution in [2.75, 3.05) is 26.7 Å². The first-order valence-electron chi connectivity index (χ1n) is 5.67. The molecule has 0 aliphatic carbocycles. The summed E-state index contributed by atoms with van der Waals surface area (Å²) in [5.41, 5.74) is 0.313. The molecule has 1 aliphatic heterocycles. The molecule has 1 amide bonds. The molecule has 1 atom stereocenters. The third-order valence-corrected chi connectivity index (χ3v) is 3.66. The van der Waals surface area contributed by atoms with Crippen molar-refractivity contribution < 1.29 is 4.79 Å². The van der Waals surface area contributed by atoms with E-state index in [2.05, 4.69) is 22.0 Å². The monoisotopic (exact) mass is 288 g/mol. The highest BCUT2D eigenvalue weighted by atomic mass is 35.5. The number of carbonyl (C=O) groups is 1. The molecule has 2 rings (SSSR count). The summed E-state index contributed by atoms with van der Waals surface area (Å²) in [5.74, 6) is -0.142. The van der Waals surface area contributed by atoms with E-state index in [1.54, 1.807) is 4.90 Å². The molecular weight excluding hydrogens is 275 g/mol. The van der Waals surface area contributed by atoms with Crippen molar-refractivity contribution in [2.45, 2.75) is 13.0 Å². The molecule has 1 saturated heterocycles.